The Morgan fingerprint density at radius 1 is 1.26 bits per heavy atom. The molecule has 1 N–H and O–H groups in total. The van der Waals surface area contributed by atoms with Crippen LogP contribution in [-0.2, 0) is 4.79 Å². The van der Waals surface area contributed by atoms with E-state index in [1.165, 1.54) is 5.56 Å². The summed E-state index contributed by atoms with van der Waals surface area (Å²) in [6.07, 6.45) is 7.23. The maximum atomic E-state index is 11.0. The number of hydrogen-bond donors (Lipinski definition) is 1. The molecule has 1 aromatic rings. The second-order valence-electron chi connectivity index (χ2n) is 5.64. The summed E-state index contributed by atoms with van der Waals surface area (Å²) in [5, 5.41) is 9.07. The van der Waals surface area contributed by atoms with Crippen molar-refractivity contribution in [3.05, 3.63) is 30.1 Å². The first kappa shape index (κ1) is 14.0. The highest BCUT2D eigenvalue weighted by atomic mass is 16.4. The molecule has 0 spiro atoms. The van der Waals surface area contributed by atoms with Gasteiger partial charge in [0.25, 0.3) is 0 Å². The van der Waals surface area contributed by atoms with Crippen LogP contribution in [0.5, 0.6) is 0 Å². The smallest absolute Gasteiger partial charge is 0.306 e. The number of aliphatic carboxylic acids is 1. The van der Waals surface area contributed by atoms with Gasteiger partial charge < -0.3 is 10.0 Å². The number of carboxylic acid groups (broad SMARTS) is 1. The van der Waals surface area contributed by atoms with Gasteiger partial charge in [-0.1, -0.05) is 0 Å². The zero-order valence-corrected chi connectivity index (χ0v) is 11.6. The van der Waals surface area contributed by atoms with Crippen LogP contribution in [0.2, 0.25) is 0 Å². The molecule has 0 aromatic carbocycles. The molecule has 1 atom stereocenters. The molecule has 0 bridgehead atoms. The third kappa shape index (κ3) is 3.32. The van der Waals surface area contributed by atoms with E-state index in [0.717, 1.165) is 25.7 Å². The fourth-order valence-electron chi connectivity index (χ4n) is 3.23. The summed E-state index contributed by atoms with van der Waals surface area (Å²) in [5.74, 6) is -0.242. The van der Waals surface area contributed by atoms with Gasteiger partial charge in [-0.05, 0) is 63.4 Å². The van der Waals surface area contributed by atoms with Crippen LogP contribution in [0.1, 0.15) is 37.3 Å². The number of pyridine rings is 1. The minimum absolute atomic E-state index is 0.142. The lowest BCUT2D eigenvalue weighted by atomic mass is 9.76. The summed E-state index contributed by atoms with van der Waals surface area (Å²) < 4.78 is 0. The molecule has 1 heterocycles. The largest absolute Gasteiger partial charge is 0.481 e. The summed E-state index contributed by atoms with van der Waals surface area (Å²) in [4.78, 5) is 17.3. The van der Waals surface area contributed by atoms with E-state index in [1.54, 1.807) is 0 Å². The zero-order chi connectivity index (χ0) is 13.8. The van der Waals surface area contributed by atoms with E-state index >= 15 is 0 Å². The number of hydrogen-bond acceptors (Lipinski definition) is 3. The van der Waals surface area contributed by atoms with E-state index in [0.29, 0.717) is 12.0 Å². The first-order valence-electron chi connectivity index (χ1n) is 6.88. The van der Waals surface area contributed by atoms with Crippen LogP contribution in [0, 0.1) is 11.8 Å². The van der Waals surface area contributed by atoms with Crippen LogP contribution in [0.25, 0.3) is 0 Å². The normalized spacial score (nSPS) is 25.2. The lowest BCUT2D eigenvalue weighted by molar-refractivity contribution is -0.143. The Kier molecular flexibility index (Phi) is 4.53. The van der Waals surface area contributed by atoms with E-state index in [2.05, 4.69) is 36.1 Å². The molecule has 0 saturated heterocycles. The number of carbonyl (C=O) groups is 1. The molecule has 4 nitrogen and oxygen atoms in total. The minimum Gasteiger partial charge on any atom is -0.481 e. The molecule has 1 unspecified atom stereocenters. The van der Waals surface area contributed by atoms with Gasteiger partial charge in [-0.3, -0.25) is 9.78 Å². The highest BCUT2D eigenvalue weighted by molar-refractivity contribution is 5.70. The van der Waals surface area contributed by atoms with Crippen molar-refractivity contribution in [1.82, 2.24) is 9.88 Å². The van der Waals surface area contributed by atoms with E-state index in [9.17, 15) is 4.79 Å². The Hall–Kier alpha value is -1.42. The zero-order valence-electron chi connectivity index (χ0n) is 11.6. The van der Waals surface area contributed by atoms with E-state index in [4.69, 9.17) is 5.11 Å². The quantitative estimate of drug-likeness (QED) is 0.906. The van der Waals surface area contributed by atoms with Crippen molar-refractivity contribution in [2.75, 3.05) is 14.1 Å². The second-order valence-corrected chi connectivity index (χ2v) is 5.64. The molecule has 1 aromatic heterocycles. The molecule has 1 aliphatic carbocycles. The lowest BCUT2D eigenvalue weighted by Gasteiger charge is -2.36. The van der Waals surface area contributed by atoms with Gasteiger partial charge in [0.2, 0.25) is 0 Å². The van der Waals surface area contributed by atoms with Crippen LogP contribution in [0.3, 0.4) is 0 Å². The number of carboxylic acids is 1. The Balaban J connectivity index is 2.08. The van der Waals surface area contributed by atoms with Crippen LogP contribution in [0.4, 0.5) is 0 Å². The Morgan fingerprint density at radius 2 is 1.84 bits per heavy atom. The predicted octanol–water partition coefficient (Wildman–Crippen LogP) is 2.58. The third-order valence-corrected chi connectivity index (χ3v) is 4.17. The van der Waals surface area contributed by atoms with E-state index < -0.39 is 5.97 Å². The predicted molar refractivity (Wildman–Crippen MR) is 73.7 cm³/mol. The molecule has 0 aliphatic heterocycles. The third-order valence-electron chi connectivity index (χ3n) is 4.17. The van der Waals surface area contributed by atoms with E-state index in [1.807, 2.05) is 12.4 Å². The maximum Gasteiger partial charge on any atom is 0.306 e. The molecule has 1 aliphatic rings. The van der Waals surface area contributed by atoms with Crippen LogP contribution in [-0.4, -0.2) is 35.1 Å². The van der Waals surface area contributed by atoms with Crippen molar-refractivity contribution in [3.63, 3.8) is 0 Å². The van der Waals surface area contributed by atoms with Crippen molar-refractivity contribution in [2.45, 2.75) is 31.7 Å². The van der Waals surface area contributed by atoms with Gasteiger partial charge in [0.05, 0.1) is 5.92 Å². The van der Waals surface area contributed by atoms with Gasteiger partial charge in [0.1, 0.15) is 0 Å². The van der Waals surface area contributed by atoms with E-state index in [-0.39, 0.29) is 5.92 Å². The van der Waals surface area contributed by atoms with Crippen LogP contribution >= 0.6 is 0 Å². The van der Waals surface area contributed by atoms with Crippen molar-refractivity contribution in [1.29, 1.82) is 0 Å². The van der Waals surface area contributed by atoms with Gasteiger partial charge >= 0.3 is 5.97 Å². The summed E-state index contributed by atoms with van der Waals surface area (Å²) in [6.45, 7) is 0. The topological polar surface area (TPSA) is 53.4 Å². The molecule has 1 saturated carbocycles. The number of nitrogens with zero attached hydrogens (tertiary/aromatic N) is 2. The SMILES string of the molecule is CN(C)C(c1ccncc1)C1CCC(C(=O)O)CC1. The average molecular weight is 262 g/mol. The molecule has 19 heavy (non-hydrogen) atoms. The van der Waals surface area contributed by atoms with Gasteiger partial charge in [-0.25, -0.2) is 0 Å². The second kappa shape index (κ2) is 6.15. The van der Waals surface area contributed by atoms with Crippen molar-refractivity contribution in [3.8, 4) is 0 Å². The maximum absolute atomic E-state index is 11.0. The number of rotatable bonds is 4. The van der Waals surface area contributed by atoms with Crippen LogP contribution in [0.15, 0.2) is 24.5 Å². The monoisotopic (exact) mass is 262 g/mol. The van der Waals surface area contributed by atoms with Crippen molar-refractivity contribution < 1.29 is 9.90 Å². The Bertz CT molecular complexity index is 411. The molecule has 104 valence electrons. The Morgan fingerprint density at radius 3 is 2.32 bits per heavy atom. The fourth-order valence-corrected chi connectivity index (χ4v) is 3.23. The standard InChI is InChI=1S/C15H22N2O2/c1-17(2)14(12-7-9-16-10-8-12)11-3-5-13(6-4-11)15(18)19/h7-11,13-14H,3-6H2,1-2H3,(H,18,19). The molecule has 0 amide bonds. The fraction of sp³-hybridized carbons (Fsp3) is 0.600. The van der Waals surface area contributed by atoms with Gasteiger partial charge in [-0.2, -0.15) is 0 Å². The average Bonchev–Trinajstić information content (AvgIpc) is 2.40. The van der Waals surface area contributed by atoms with Crippen LogP contribution < -0.4 is 0 Å². The summed E-state index contributed by atoms with van der Waals surface area (Å²) in [6, 6.07) is 4.49. The Labute approximate surface area is 114 Å². The van der Waals surface area contributed by atoms with Crippen molar-refractivity contribution in [2.24, 2.45) is 11.8 Å². The van der Waals surface area contributed by atoms with Gasteiger partial charge in [0.15, 0.2) is 0 Å². The highest BCUT2D eigenvalue weighted by Gasteiger charge is 2.32. The summed E-state index contributed by atoms with van der Waals surface area (Å²) in [5.41, 5.74) is 1.28. The first-order valence-corrected chi connectivity index (χ1v) is 6.88. The van der Waals surface area contributed by atoms with Gasteiger partial charge in [-0.15, -0.1) is 0 Å². The lowest BCUT2D eigenvalue weighted by Crippen LogP contribution is -2.31. The molecule has 2 rings (SSSR count). The van der Waals surface area contributed by atoms with Gasteiger partial charge in [0, 0.05) is 18.4 Å². The number of aromatic nitrogens is 1. The summed E-state index contributed by atoms with van der Waals surface area (Å²) >= 11 is 0. The molecule has 1 fully saturated rings. The first-order chi connectivity index (χ1) is 9.09. The molecule has 4 heteroatoms. The molecular formula is C15H22N2O2. The van der Waals surface area contributed by atoms with Crippen molar-refractivity contribution >= 4 is 5.97 Å². The highest BCUT2D eigenvalue weighted by Crippen LogP contribution is 2.39. The minimum atomic E-state index is -0.635. The summed E-state index contributed by atoms with van der Waals surface area (Å²) in [7, 11) is 4.18. The molecular weight excluding hydrogens is 240 g/mol. The molecule has 0 radical (unpaired) electrons.